The molecular weight excluding hydrogens is 356 g/mol. The number of rotatable bonds is 8. The first-order chi connectivity index (χ1) is 13.9. The predicted octanol–water partition coefficient (Wildman–Crippen LogP) is 6.75. The molecule has 156 valence electrons. The summed E-state index contributed by atoms with van der Waals surface area (Å²) < 4.78 is 6.56. The number of ketones is 1. The Hall–Kier alpha value is -2.09. The molecule has 3 rings (SSSR count). The molecule has 1 aliphatic heterocycles. The molecule has 2 heteroatoms. The molecule has 0 unspecified atom stereocenters. The largest absolute Gasteiger partial charge is 0.487 e. The number of carbonyl (C=O) groups is 1. The molecule has 0 aromatic heterocycles. The number of hydrogen-bond acceptors (Lipinski definition) is 2. The number of benzene rings is 2. The van der Waals surface area contributed by atoms with E-state index in [0.29, 0.717) is 12.8 Å². The Morgan fingerprint density at radius 3 is 2.03 bits per heavy atom. The molecule has 1 heterocycles. The SMILES string of the molecule is CCC1(CC)CC(CC)(CC)c2cc(CC(=O)Cc3ccc(C)cc3)ccc2O1. The van der Waals surface area contributed by atoms with Crippen LogP contribution in [0.1, 0.15) is 82.1 Å². The van der Waals surface area contributed by atoms with Crippen molar-refractivity contribution in [3.05, 3.63) is 64.7 Å². The minimum absolute atomic E-state index is 0.0677. The lowest BCUT2D eigenvalue weighted by molar-refractivity contribution is -0.117. The maximum absolute atomic E-state index is 12.7. The van der Waals surface area contributed by atoms with E-state index in [1.165, 1.54) is 11.1 Å². The molecule has 2 aromatic carbocycles. The van der Waals surface area contributed by atoms with Crippen LogP contribution < -0.4 is 4.74 Å². The van der Waals surface area contributed by atoms with Crippen LogP contribution in [0.2, 0.25) is 0 Å². The Morgan fingerprint density at radius 1 is 0.862 bits per heavy atom. The van der Waals surface area contributed by atoms with Gasteiger partial charge >= 0.3 is 0 Å². The van der Waals surface area contributed by atoms with Crippen LogP contribution in [0, 0.1) is 6.92 Å². The summed E-state index contributed by atoms with van der Waals surface area (Å²) in [5.74, 6) is 1.29. The summed E-state index contributed by atoms with van der Waals surface area (Å²) in [4.78, 5) is 12.7. The molecule has 0 spiro atoms. The van der Waals surface area contributed by atoms with Crippen LogP contribution in [0.5, 0.6) is 5.75 Å². The normalized spacial score (nSPS) is 16.7. The molecule has 0 atom stereocenters. The van der Waals surface area contributed by atoms with Crippen LogP contribution in [-0.2, 0) is 23.1 Å². The Morgan fingerprint density at radius 2 is 1.45 bits per heavy atom. The van der Waals surface area contributed by atoms with Crippen LogP contribution in [0.4, 0.5) is 0 Å². The third-order valence-corrected chi connectivity index (χ3v) is 7.17. The number of hydrogen-bond donors (Lipinski definition) is 0. The quantitative estimate of drug-likeness (QED) is 0.497. The van der Waals surface area contributed by atoms with Gasteiger partial charge in [0.05, 0.1) is 0 Å². The van der Waals surface area contributed by atoms with Crippen molar-refractivity contribution in [3.8, 4) is 5.75 Å². The molecule has 1 aliphatic rings. The number of Topliss-reactive ketones (excluding diaryl/α,β-unsaturated/α-hetero) is 1. The highest BCUT2D eigenvalue weighted by molar-refractivity contribution is 5.83. The first-order valence-corrected chi connectivity index (χ1v) is 11.3. The van der Waals surface area contributed by atoms with Crippen molar-refractivity contribution >= 4 is 5.78 Å². The molecule has 0 saturated carbocycles. The lowest BCUT2D eigenvalue weighted by Crippen LogP contribution is -2.47. The van der Waals surface area contributed by atoms with Crippen molar-refractivity contribution in [1.29, 1.82) is 0 Å². The summed E-state index contributed by atoms with van der Waals surface area (Å²) in [5, 5.41) is 0. The molecule has 0 fully saturated rings. The van der Waals surface area contributed by atoms with Gasteiger partial charge in [-0.15, -0.1) is 0 Å². The van der Waals surface area contributed by atoms with Crippen LogP contribution in [0.3, 0.4) is 0 Å². The molecule has 0 bridgehead atoms. The maximum atomic E-state index is 12.7. The van der Waals surface area contributed by atoms with Crippen LogP contribution >= 0.6 is 0 Å². The van der Waals surface area contributed by atoms with Crippen molar-refractivity contribution in [2.75, 3.05) is 0 Å². The Balaban J connectivity index is 1.85. The fourth-order valence-corrected chi connectivity index (χ4v) is 4.92. The number of ether oxygens (including phenoxy) is 1. The van der Waals surface area contributed by atoms with Gasteiger partial charge in [-0.3, -0.25) is 4.79 Å². The van der Waals surface area contributed by atoms with E-state index in [9.17, 15) is 4.79 Å². The maximum Gasteiger partial charge on any atom is 0.141 e. The highest BCUT2D eigenvalue weighted by Crippen LogP contribution is 2.51. The van der Waals surface area contributed by atoms with Crippen molar-refractivity contribution < 1.29 is 9.53 Å². The van der Waals surface area contributed by atoms with Crippen molar-refractivity contribution in [1.82, 2.24) is 0 Å². The number of fused-ring (bicyclic) bond motifs is 1. The summed E-state index contributed by atoms with van der Waals surface area (Å²) in [6.07, 6.45) is 6.30. The second-order valence-corrected chi connectivity index (χ2v) is 8.86. The molecule has 0 amide bonds. The van der Waals surface area contributed by atoms with E-state index < -0.39 is 0 Å². The first kappa shape index (κ1) is 21.6. The van der Waals surface area contributed by atoms with Gasteiger partial charge in [-0.1, -0.05) is 69.7 Å². The Labute approximate surface area is 176 Å². The van der Waals surface area contributed by atoms with Crippen molar-refractivity contribution in [2.24, 2.45) is 0 Å². The standard InChI is InChI=1S/C27H36O2/c1-6-26(7-2)19-27(8-3,9-4)29-25-15-14-22(18-24(25)26)17-23(28)16-21-12-10-20(5)11-13-21/h10-15,18H,6-9,16-17,19H2,1-5H3. The third-order valence-electron chi connectivity index (χ3n) is 7.17. The van der Waals surface area contributed by atoms with Crippen LogP contribution in [0.15, 0.2) is 42.5 Å². The minimum Gasteiger partial charge on any atom is -0.487 e. The number of aryl methyl sites for hydroxylation is 1. The van der Waals surface area contributed by atoms with Gasteiger partial charge in [-0.25, -0.2) is 0 Å². The van der Waals surface area contributed by atoms with E-state index in [2.05, 4.69) is 77.1 Å². The lowest BCUT2D eigenvalue weighted by atomic mass is 9.65. The fourth-order valence-electron chi connectivity index (χ4n) is 4.92. The average molecular weight is 393 g/mol. The average Bonchev–Trinajstić information content (AvgIpc) is 2.74. The summed E-state index contributed by atoms with van der Waals surface area (Å²) in [6.45, 7) is 11.1. The van der Waals surface area contributed by atoms with E-state index in [1.54, 1.807) is 0 Å². The molecule has 0 N–H and O–H groups in total. The van der Waals surface area contributed by atoms with E-state index in [0.717, 1.165) is 49.0 Å². The highest BCUT2D eigenvalue weighted by Gasteiger charge is 2.45. The second kappa shape index (κ2) is 8.73. The molecule has 0 saturated heterocycles. The zero-order chi connectivity index (χ0) is 21.1. The summed E-state index contributed by atoms with van der Waals surface area (Å²) >= 11 is 0. The van der Waals surface area contributed by atoms with Crippen LogP contribution in [0.25, 0.3) is 0 Å². The lowest BCUT2D eigenvalue weighted by Gasteiger charge is -2.48. The predicted molar refractivity (Wildman–Crippen MR) is 121 cm³/mol. The Kier molecular flexibility index (Phi) is 6.51. The monoisotopic (exact) mass is 392 g/mol. The van der Waals surface area contributed by atoms with E-state index in [4.69, 9.17) is 4.74 Å². The molecule has 29 heavy (non-hydrogen) atoms. The summed E-state index contributed by atoms with van der Waals surface area (Å²) in [6, 6.07) is 14.7. The van der Waals surface area contributed by atoms with Gasteiger partial charge in [0.1, 0.15) is 17.1 Å². The van der Waals surface area contributed by atoms with Crippen molar-refractivity contribution in [3.63, 3.8) is 0 Å². The molecule has 2 nitrogen and oxygen atoms in total. The van der Waals surface area contributed by atoms with Gasteiger partial charge in [-0.05, 0) is 56.2 Å². The summed E-state index contributed by atoms with van der Waals surface area (Å²) in [5.41, 5.74) is 4.80. The summed E-state index contributed by atoms with van der Waals surface area (Å²) in [7, 11) is 0. The topological polar surface area (TPSA) is 26.3 Å². The zero-order valence-electron chi connectivity index (χ0n) is 18.8. The van der Waals surface area contributed by atoms with Gasteiger partial charge in [0, 0.05) is 23.8 Å². The minimum atomic E-state index is -0.0677. The second-order valence-electron chi connectivity index (χ2n) is 8.86. The highest BCUT2D eigenvalue weighted by atomic mass is 16.5. The fraction of sp³-hybridized carbons (Fsp3) is 0.519. The molecule has 2 aromatic rings. The smallest absolute Gasteiger partial charge is 0.141 e. The molecule has 0 aliphatic carbocycles. The van der Waals surface area contributed by atoms with Gasteiger partial charge in [0.15, 0.2) is 0 Å². The van der Waals surface area contributed by atoms with E-state index in [1.807, 2.05) is 0 Å². The van der Waals surface area contributed by atoms with Crippen molar-refractivity contribution in [2.45, 2.75) is 90.6 Å². The van der Waals surface area contributed by atoms with E-state index in [-0.39, 0.29) is 16.8 Å². The van der Waals surface area contributed by atoms with Gasteiger partial charge in [-0.2, -0.15) is 0 Å². The third kappa shape index (κ3) is 4.42. The van der Waals surface area contributed by atoms with Gasteiger partial charge in [0.2, 0.25) is 0 Å². The first-order valence-electron chi connectivity index (χ1n) is 11.3. The zero-order valence-corrected chi connectivity index (χ0v) is 18.8. The molecule has 0 radical (unpaired) electrons. The van der Waals surface area contributed by atoms with Gasteiger partial charge < -0.3 is 4.74 Å². The van der Waals surface area contributed by atoms with E-state index >= 15 is 0 Å². The molecular formula is C27H36O2. The Bertz CT molecular complexity index is 839. The van der Waals surface area contributed by atoms with Gasteiger partial charge in [0.25, 0.3) is 0 Å². The van der Waals surface area contributed by atoms with Crippen LogP contribution in [-0.4, -0.2) is 11.4 Å². The number of carbonyl (C=O) groups excluding carboxylic acids is 1.